The molecule has 2 aromatic rings. The molecule has 0 spiro atoms. The number of carbonyl (C=O) groups excluding carboxylic acids is 1. The van der Waals surface area contributed by atoms with Gasteiger partial charge in [0.1, 0.15) is 0 Å². The summed E-state index contributed by atoms with van der Waals surface area (Å²) in [5, 5.41) is 0. The summed E-state index contributed by atoms with van der Waals surface area (Å²) >= 11 is 0. The molecule has 2 aliphatic carbocycles. The summed E-state index contributed by atoms with van der Waals surface area (Å²) in [6, 6.07) is 7.02. The van der Waals surface area contributed by atoms with Crippen LogP contribution in [-0.2, 0) is 23.9 Å². The molecule has 0 unspecified atom stereocenters. The third-order valence-electron chi connectivity index (χ3n) is 9.45. The number of amides is 1. The summed E-state index contributed by atoms with van der Waals surface area (Å²) in [5.74, 6) is 0.465. The average molecular weight is 515 g/mol. The van der Waals surface area contributed by atoms with Gasteiger partial charge in [-0.05, 0) is 62.1 Å². The molecule has 4 heterocycles. The molecule has 0 bridgehead atoms. The second-order valence-corrected chi connectivity index (χ2v) is 11.4. The Morgan fingerprint density at radius 2 is 1.89 bits per heavy atom. The predicted molar refractivity (Wildman–Crippen MR) is 132 cm³/mol. The molecule has 1 saturated heterocycles. The summed E-state index contributed by atoms with van der Waals surface area (Å²) in [7, 11) is 0. The Hall–Kier alpha value is -2.68. The number of rotatable bonds is 3. The number of piperidine rings is 1. The number of fused-ring (bicyclic) bond motifs is 2. The van der Waals surface area contributed by atoms with Gasteiger partial charge in [0, 0.05) is 68.8 Å². The second-order valence-electron chi connectivity index (χ2n) is 11.4. The van der Waals surface area contributed by atoms with Crippen molar-refractivity contribution in [1.82, 2.24) is 19.4 Å². The Morgan fingerprint density at radius 1 is 1.08 bits per heavy atom. The van der Waals surface area contributed by atoms with Crippen LogP contribution in [-0.4, -0.2) is 50.9 Å². The molecule has 4 aliphatic rings. The van der Waals surface area contributed by atoms with E-state index in [0.717, 1.165) is 64.2 Å². The molecule has 3 atom stereocenters. The first-order valence-corrected chi connectivity index (χ1v) is 13.5. The van der Waals surface area contributed by atoms with E-state index in [9.17, 15) is 22.8 Å². The highest BCUT2D eigenvalue weighted by atomic mass is 19.4. The molecule has 9 heteroatoms. The molecule has 1 amide bonds. The molecule has 0 radical (unpaired) electrons. The number of aromatic nitrogens is 2. The molecule has 2 saturated carbocycles. The minimum absolute atomic E-state index is 0.0431. The maximum Gasteiger partial charge on any atom is 0.417 e. The molecule has 37 heavy (non-hydrogen) atoms. The fourth-order valence-electron chi connectivity index (χ4n) is 7.58. The quantitative estimate of drug-likeness (QED) is 0.608. The molecule has 0 aromatic carbocycles. The fourth-order valence-corrected chi connectivity index (χ4v) is 7.58. The van der Waals surface area contributed by atoms with E-state index in [-0.39, 0.29) is 24.1 Å². The first-order valence-electron chi connectivity index (χ1n) is 13.5. The van der Waals surface area contributed by atoms with Crippen molar-refractivity contribution in [2.24, 2.45) is 11.3 Å². The van der Waals surface area contributed by atoms with Crippen LogP contribution in [0.3, 0.4) is 0 Å². The largest absolute Gasteiger partial charge is 0.417 e. The van der Waals surface area contributed by atoms with Gasteiger partial charge in [-0.3, -0.25) is 14.6 Å². The van der Waals surface area contributed by atoms with Crippen LogP contribution in [0, 0.1) is 11.3 Å². The Morgan fingerprint density at radius 3 is 2.65 bits per heavy atom. The highest BCUT2D eigenvalue weighted by Crippen LogP contribution is 2.56. The summed E-state index contributed by atoms with van der Waals surface area (Å²) in [4.78, 5) is 34.7. The van der Waals surface area contributed by atoms with Gasteiger partial charge in [-0.15, -0.1) is 0 Å². The van der Waals surface area contributed by atoms with E-state index in [1.165, 1.54) is 6.07 Å². The minimum atomic E-state index is -4.44. The van der Waals surface area contributed by atoms with Crippen molar-refractivity contribution in [1.29, 1.82) is 0 Å². The summed E-state index contributed by atoms with van der Waals surface area (Å²) < 4.78 is 41.6. The molecular weight excluding hydrogens is 481 g/mol. The molecule has 3 fully saturated rings. The van der Waals surface area contributed by atoms with Crippen molar-refractivity contribution < 1.29 is 18.0 Å². The molecule has 0 N–H and O–H groups in total. The van der Waals surface area contributed by atoms with Gasteiger partial charge in [0.2, 0.25) is 5.91 Å². The van der Waals surface area contributed by atoms with E-state index in [2.05, 4.69) is 9.88 Å². The van der Waals surface area contributed by atoms with E-state index < -0.39 is 17.2 Å². The zero-order valence-electron chi connectivity index (χ0n) is 20.9. The van der Waals surface area contributed by atoms with Gasteiger partial charge in [0.15, 0.2) is 0 Å². The van der Waals surface area contributed by atoms with Gasteiger partial charge in [-0.2, -0.15) is 13.2 Å². The molecule has 2 aliphatic heterocycles. The van der Waals surface area contributed by atoms with Crippen LogP contribution in [0.4, 0.5) is 13.2 Å². The number of carbonyl (C=O) groups is 1. The Balaban J connectivity index is 1.15. The molecule has 6 rings (SSSR count). The van der Waals surface area contributed by atoms with Crippen LogP contribution < -0.4 is 5.56 Å². The Labute approximate surface area is 214 Å². The highest BCUT2D eigenvalue weighted by Gasteiger charge is 2.57. The topological polar surface area (TPSA) is 58.4 Å². The monoisotopic (exact) mass is 514 g/mol. The standard InChI is InChI=1S/C28H33F3N4O2/c29-28(30,31)21-14-19-18-34(13-8-24(19)32-17-21)26(37)27-9-3-4-20(27)15-23(16-27)33-11-6-22(7-12-33)35-10-2-1-5-25(35)36/h1-2,5,10,14,17,20,22-23H,3-4,6-9,11-13,15-16,18H2/t20-,23-,27-/m1/s1. The van der Waals surface area contributed by atoms with Crippen molar-refractivity contribution >= 4 is 5.91 Å². The Kier molecular flexibility index (Phi) is 6.17. The number of alkyl halides is 3. The number of hydrogen-bond acceptors (Lipinski definition) is 4. The lowest BCUT2D eigenvalue weighted by molar-refractivity contribution is -0.144. The third kappa shape index (κ3) is 4.39. The SMILES string of the molecule is O=C(N1CCc2ncc(C(F)(F)F)cc2C1)[C@@]12CCC[C@@H]1C[C@@H](N1CCC(n3ccccc3=O)CC1)C2. The number of halogens is 3. The smallest absolute Gasteiger partial charge is 0.337 e. The van der Waals surface area contributed by atoms with Crippen LogP contribution in [0.25, 0.3) is 0 Å². The molecule has 6 nitrogen and oxygen atoms in total. The van der Waals surface area contributed by atoms with Crippen molar-refractivity contribution in [3.63, 3.8) is 0 Å². The van der Waals surface area contributed by atoms with Gasteiger partial charge in [-0.25, -0.2) is 0 Å². The average Bonchev–Trinajstić information content (AvgIpc) is 3.46. The minimum Gasteiger partial charge on any atom is -0.337 e. The van der Waals surface area contributed by atoms with Gasteiger partial charge in [-0.1, -0.05) is 12.5 Å². The first-order chi connectivity index (χ1) is 17.7. The summed E-state index contributed by atoms with van der Waals surface area (Å²) in [5.41, 5.74) is 0.0845. The highest BCUT2D eigenvalue weighted by molar-refractivity contribution is 5.84. The van der Waals surface area contributed by atoms with Crippen molar-refractivity contribution in [2.75, 3.05) is 19.6 Å². The molecular formula is C28H33F3N4O2. The second kappa shape index (κ2) is 9.26. The van der Waals surface area contributed by atoms with Crippen LogP contribution in [0.1, 0.15) is 67.8 Å². The number of likely N-dealkylation sites (tertiary alicyclic amines) is 1. The lowest BCUT2D eigenvalue weighted by Gasteiger charge is -2.39. The van der Waals surface area contributed by atoms with Gasteiger partial charge < -0.3 is 14.4 Å². The van der Waals surface area contributed by atoms with Gasteiger partial charge in [0.25, 0.3) is 5.56 Å². The number of pyridine rings is 2. The third-order valence-corrected chi connectivity index (χ3v) is 9.45. The first kappa shape index (κ1) is 24.6. The van der Waals surface area contributed by atoms with Crippen LogP contribution in [0.2, 0.25) is 0 Å². The van der Waals surface area contributed by atoms with E-state index in [4.69, 9.17) is 0 Å². The van der Waals surface area contributed by atoms with Crippen molar-refractivity contribution in [2.45, 2.75) is 76.2 Å². The van der Waals surface area contributed by atoms with Gasteiger partial charge in [0.05, 0.1) is 11.0 Å². The van der Waals surface area contributed by atoms with E-state index in [0.29, 0.717) is 36.2 Å². The van der Waals surface area contributed by atoms with E-state index in [1.807, 2.05) is 16.8 Å². The fraction of sp³-hybridized carbons (Fsp3) is 0.607. The van der Waals surface area contributed by atoms with Crippen LogP contribution >= 0.6 is 0 Å². The van der Waals surface area contributed by atoms with E-state index in [1.54, 1.807) is 17.0 Å². The zero-order valence-corrected chi connectivity index (χ0v) is 20.9. The van der Waals surface area contributed by atoms with Gasteiger partial charge >= 0.3 is 6.18 Å². The van der Waals surface area contributed by atoms with Crippen LogP contribution in [0.15, 0.2) is 41.5 Å². The lowest BCUT2D eigenvalue weighted by Crippen LogP contribution is -2.47. The number of nitrogens with zero attached hydrogens (tertiary/aromatic N) is 4. The summed E-state index contributed by atoms with van der Waals surface area (Å²) in [6.45, 7) is 2.55. The number of hydrogen-bond donors (Lipinski definition) is 0. The van der Waals surface area contributed by atoms with Crippen molar-refractivity contribution in [3.8, 4) is 0 Å². The zero-order chi connectivity index (χ0) is 25.8. The molecule has 198 valence electrons. The van der Waals surface area contributed by atoms with Crippen LogP contribution in [0.5, 0.6) is 0 Å². The van der Waals surface area contributed by atoms with Crippen molar-refractivity contribution in [3.05, 3.63) is 63.8 Å². The summed E-state index contributed by atoms with van der Waals surface area (Å²) in [6.07, 6.45) is 5.46. The molecule has 2 aromatic heterocycles. The predicted octanol–water partition coefficient (Wildman–Crippen LogP) is 4.43. The normalized spacial score (nSPS) is 28.8. The van der Waals surface area contributed by atoms with E-state index >= 15 is 0 Å². The Bertz CT molecular complexity index is 1240. The lowest BCUT2D eigenvalue weighted by atomic mass is 9.78. The maximum atomic E-state index is 14.0. The maximum absolute atomic E-state index is 14.0.